The first-order valence-corrected chi connectivity index (χ1v) is 7.20. The summed E-state index contributed by atoms with van der Waals surface area (Å²) in [6, 6.07) is 8.43. The van der Waals surface area contributed by atoms with Gasteiger partial charge in [0, 0.05) is 18.7 Å². The second-order valence-electron chi connectivity index (χ2n) is 5.38. The molecule has 0 amide bonds. The molecule has 112 valence electrons. The smallest absolute Gasteiger partial charge is 0.174 e. The Kier molecular flexibility index (Phi) is 4.10. The second kappa shape index (κ2) is 6.18. The van der Waals surface area contributed by atoms with E-state index in [0.717, 1.165) is 23.6 Å². The molecule has 0 bridgehead atoms. The normalized spacial score (nSPS) is 14.2. The van der Waals surface area contributed by atoms with Gasteiger partial charge in [-0.25, -0.2) is 0 Å². The lowest BCUT2D eigenvalue weighted by Crippen LogP contribution is -2.15. The highest BCUT2D eigenvalue weighted by Gasteiger charge is 2.20. The van der Waals surface area contributed by atoms with Crippen LogP contribution in [0.4, 0.5) is 0 Å². The van der Waals surface area contributed by atoms with Crippen molar-refractivity contribution in [2.24, 2.45) is 0 Å². The summed E-state index contributed by atoms with van der Waals surface area (Å²) in [5.74, 6) is 2.15. The van der Waals surface area contributed by atoms with Crippen molar-refractivity contribution in [1.29, 1.82) is 0 Å². The lowest BCUT2D eigenvalue weighted by Gasteiger charge is -2.09. The third-order valence-electron chi connectivity index (χ3n) is 3.45. The van der Waals surface area contributed by atoms with Crippen molar-refractivity contribution in [3.8, 4) is 11.5 Å². The number of benzene rings is 1. The monoisotopic (exact) mass is 288 g/mol. The van der Waals surface area contributed by atoms with E-state index in [1.54, 1.807) is 7.11 Å². The van der Waals surface area contributed by atoms with E-state index in [0.29, 0.717) is 24.2 Å². The molecule has 0 radical (unpaired) electrons. The molecule has 5 heteroatoms. The summed E-state index contributed by atoms with van der Waals surface area (Å²) in [5.41, 5.74) is 2.05. The van der Waals surface area contributed by atoms with Crippen LogP contribution >= 0.6 is 0 Å². The Bertz CT molecular complexity index is 605. The summed E-state index contributed by atoms with van der Waals surface area (Å²) >= 11 is 0. The highest BCUT2D eigenvalue weighted by atomic mass is 16.5. The van der Waals surface area contributed by atoms with Gasteiger partial charge >= 0.3 is 0 Å². The maximum absolute atomic E-state index is 5.74. The number of rotatable bonds is 7. The number of methoxy groups -OCH3 is 1. The van der Waals surface area contributed by atoms with Crippen molar-refractivity contribution in [2.45, 2.75) is 39.0 Å². The molecule has 1 saturated carbocycles. The van der Waals surface area contributed by atoms with E-state index in [4.69, 9.17) is 14.0 Å². The number of nitrogens with one attached hydrogen (secondary N) is 1. The van der Waals surface area contributed by atoms with E-state index in [2.05, 4.69) is 10.5 Å². The van der Waals surface area contributed by atoms with Gasteiger partial charge in [0.05, 0.1) is 12.8 Å². The summed E-state index contributed by atoms with van der Waals surface area (Å²) in [6.45, 7) is 3.11. The molecular weight excluding hydrogens is 268 g/mol. The molecule has 1 aromatic heterocycles. The van der Waals surface area contributed by atoms with Gasteiger partial charge in [-0.3, -0.25) is 0 Å². The Labute approximate surface area is 124 Å². The molecule has 21 heavy (non-hydrogen) atoms. The lowest BCUT2D eigenvalue weighted by atomic mass is 10.2. The Hall–Kier alpha value is -2.01. The van der Waals surface area contributed by atoms with Gasteiger partial charge in [-0.15, -0.1) is 0 Å². The van der Waals surface area contributed by atoms with E-state index in [1.807, 2.05) is 31.2 Å². The molecule has 3 rings (SSSR count). The van der Waals surface area contributed by atoms with Crippen molar-refractivity contribution >= 4 is 0 Å². The Balaban J connectivity index is 1.56. The summed E-state index contributed by atoms with van der Waals surface area (Å²) in [4.78, 5) is 0. The van der Waals surface area contributed by atoms with Crippen LogP contribution in [-0.2, 0) is 13.2 Å². The fraction of sp³-hybridized carbons (Fsp3) is 0.438. The predicted octanol–water partition coefficient (Wildman–Crippen LogP) is 2.82. The van der Waals surface area contributed by atoms with Crippen LogP contribution in [0.2, 0.25) is 0 Å². The molecule has 1 heterocycles. The SMILES string of the molecule is COc1cc(C)ccc1OCc1cc(CNC2CC2)no1. The van der Waals surface area contributed by atoms with Gasteiger partial charge in [-0.05, 0) is 37.5 Å². The zero-order chi connectivity index (χ0) is 14.7. The Morgan fingerprint density at radius 1 is 1.29 bits per heavy atom. The topological polar surface area (TPSA) is 56.5 Å². The van der Waals surface area contributed by atoms with Crippen molar-refractivity contribution in [1.82, 2.24) is 10.5 Å². The molecule has 1 aromatic carbocycles. The summed E-state index contributed by atoms with van der Waals surface area (Å²) in [7, 11) is 1.64. The van der Waals surface area contributed by atoms with Crippen molar-refractivity contribution in [3.05, 3.63) is 41.3 Å². The first kappa shape index (κ1) is 13.9. The molecule has 1 fully saturated rings. The number of hydrogen-bond donors (Lipinski definition) is 1. The summed E-state index contributed by atoms with van der Waals surface area (Å²) < 4.78 is 16.3. The van der Waals surface area contributed by atoms with Crippen LogP contribution in [0.3, 0.4) is 0 Å². The van der Waals surface area contributed by atoms with Gasteiger partial charge in [0.25, 0.3) is 0 Å². The van der Waals surface area contributed by atoms with E-state index < -0.39 is 0 Å². The molecule has 0 spiro atoms. The average molecular weight is 288 g/mol. The molecule has 5 nitrogen and oxygen atoms in total. The highest BCUT2D eigenvalue weighted by molar-refractivity contribution is 5.42. The minimum atomic E-state index is 0.343. The first-order valence-electron chi connectivity index (χ1n) is 7.20. The molecule has 0 atom stereocenters. The highest BCUT2D eigenvalue weighted by Crippen LogP contribution is 2.28. The van der Waals surface area contributed by atoms with Gasteiger partial charge in [0.15, 0.2) is 17.3 Å². The number of aromatic nitrogens is 1. The fourth-order valence-electron chi connectivity index (χ4n) is 2.09. The van der Waals surface area contributed by atoms with Crippen LogP contribution in [-0.4, -0.2) is 18.3 Å². The zero-order valence-corrected chi connectivity index (χ0v) is 12.4. The molecule has 1 aliphatic rings. The van der Waals surface area contributed by atoms with Gasteiger partial charge in [-0.2, -0.15) is 0 Å². The van der Waals surface area contributed by atoms with Crippen LogP contribution in [0, 0.1) is 6.92 Å². The molecular formula is C16H20N2O3. The van der Waals surface area contributed by atoms with Crippen LogP contribution in [0.15, 0.2) is 28.8 Å². The number of ether oxygens (including phenoxy) is 2. The van der Waals surface area contributed by atoms with Crippen molar-refractivity contribution in [3.63, 3.8) is 0 Å². The third-order valence-corrected chi connectivity index (χ3v) is 3.45. The molecule has 1 N–H and O–H groups in total. The summed E-state index contributed by atoms with van der Waals surface area (Å²) in [5, 5.41) is 7.44. The summed E-state index contributed by atoms with van der Waals surface area (Å²) in [6.07, 6.45) is 2.53. The van der Waals surface area contributed by atoms with Crippen LogP contribution in [0.1, 0.15) is 29.9 Å². The quantitative estimate of drug-likeness (QED) is 0.849. The lowest BCUT2D eigenvalue weighted by molar-refractivity contribution is 0.238. The third kappa shape index (κ3) is 3.76. The van der Waals surface area contributed by atoms with Gasteiger partial charge in [-0.1, -0.05) is 11.2 Å². The maximum atomic E-state index is 5.74. The predicted molar refractivity (Wildman–Crippen MR) is 78.4 cm³/mol. The van der Waals surface area contributed by atoms with E-state index in [-0.39, 0.29) is 0 Å². The molecule has 1 aliphatic carbocycles. The van der Waals surface area contributed by atoms with Crippen LogP contribution in [0.25, 0.3) is 0 Å². The molecule has 2 aromatic rings. The Morgan fingerprint density at radius 3 is 2.90 bits per heavy atom. The minimum Gasteiger partial charge on any atom is -0.493 e. The number of nitrogens with zero attached hydrogens (tertiary/aromatic N) is 1. The van der Waals surface area contributed by atoms with Crippen LogP contribution in [0.5, 0.6) is 11.5 Å². The zero-order valence-electron chi connectivity index (χ0n) is 12.4. The standard InChI is InChI=1S/C16H20N2O3/c1-11-3-6-15(16(7-11)19-2)20-10-14-8-13(18-21-14)9-17-12-4-5-12/h3,6-8,12,17H,4-5,9-10H2,1-2H3. The van der Waals surface area contributed by atoms with Crippen molar-refractivity contribution < 1.29 is 14.0 Å². The number of aryl methyl sites for hydroxylation is 1. The van der Waals surface area contributed by atoms with E-state index >= 15 is 0 Å². The maximum Gasteiger partial charge on any atom is 0.174 e. The Morgan fingerprint density at radius 2 is 2.14 bits per heavy atom. The fourth-order valence-corrected chi connectivity index (χ4v) is 2.09. The van der Waals surface area contributed by atoms with E-state index in [1.165, 1.54) is 12.8 Å². The van der Waals surface area contributed by atoms with Gasteiger partial charge < -0.3 is 19.3 Å². The molecule has 0 saturated heterocycles. The second-order valence-corrected chi connectivity index (χ2v) is 5.38. The molecule has 0 aliphatic heterocycles. The number of hydrogen-bond acceptors (Lipinski definition) is 5. The average Bonchev–Trinajstić information content (AvgIpc) is 3.22. The van der Waals surface area contributed by atoms with Crippen LogP contribution < -0.4 is 14.8 Å². The largest absolute Gasteiger partial charge is 0.493 e. The van der Waals surface area contributed by atoms with Crippen molar-refractivity contribution in [2.75, 3.05) is 7.11 Å². The minimum absolute atomic E-state index is 0.343. The van der Waals surface area contributed by atoms with E-state index in [9.17, 15) is 0 Å². The first-order chi connectivity index (χ1) is 10.2. The molecule has 0 unspecified atom stereocenters. The van der Waals surface area contributed by atoms with Gasteiger partial charge in [0.1, 0.15) is 6.61 Å². The van der Waals surface area contributed by atoms with Gasteiger partial charge in [0.2, 0.25) is 0 Å².